The van der Waals surface area contributed by atoms with Crippen LogP contribution in [0.1, 0.15) is 27.2 Å². The van der Waals surface area contributed by atoms with Crippen molar-refractivity contribution in [2.75, 3.05) is 26.9 Å². The molecule has 0 aromatic rings. The summed E-state index contributed by atoms with van der Waals surface area (Å²) in [5.74, 6) is 0.259. The molecule has 0 saturated carbocycles. The molecule has 3 nitrogen and oxygen atoms in total. The number of ether oxygens (including phenoxy) is 2. The molecule has 0 rings (SSSR count). The van der Waals surface area contributed by atoms with E-state index in [4.69, 9.17) is 9.47 Å². The van der Waals surface area contributed by atoms with E-state index < -0.39 is 5.60 Å². The van der Waals surface area contributed by atoms with E-state index in [1.807, 2.05) is 20.8 Å². The predicted octanol–water partition coefficient (Wildman–Crippen LogP) is 1.45. The maximum Gasteiger partial charge on any atom is 0.0700 e. The Bertz CT molecular complexity index is 118. The van der Waals surface area contributed by atoms with Crippen LogP contribution in [0.3, 0.4) is 0 Å². The zero-order valence-corrected chi connectivity index (χ0v) is 9.17. The summed E-state index contributed by atoms with van der Waals surface area (Å²) >= 11 is 0. The van der Waals surface area contributed by atoms with E-state index in [9.17, 15) is 5.11 Å². The summed E-state index contributed by atoms with van der Waals surface area (Å²) in [6.07, 6.45) is 0.882. The summed E-state index contributed by atoms with van der Waals surface area (Å²) in [4.78, 5) is 0. The maximum absolute atomic E-state index is 9.61. The highest BCUT2D eigenvalue weighted by Crippen LogP contribution is 2.18. The van der Waals surface area contributed by atoms with Crippen molar-refractivity contribution in [3.05, 3.63) is 0 Å². The van der Waals surface area contributed by atoms with Crippen molar-refractivity contribution in [2.24, 2.45) is 5.92 Å². The van der Waals surface area contributed by atoms with E-state index in [-0.39, 0.29) is 5.92 Å². The summed E-state index contributed by atoms with van der Waals surface area (Å²) in [7, 11) is 1.66. The normalized spacial score (nSPS) is 14.5. The van der Waals surface area contributed by atoms with Crippen molar-refractivity contribution in [2.45, 2.75) is 32.8 Å². The lowest BCUT2D eigenvalue weighted by Gasteiger charge is -2.25. The molecule has 0 unspecified atom stereocenters. The molecular weight excluding hydrogens is 168 g/mol. The fourth-order valence-electron chi connectivity index (χ4n) is 0.858. The molecule has 0 aliphatic heterocycles. The third-order valence-corrected chi connectivity index (χ3v) is 2.33. The van der Waals surface area contributed by atoms with E-state index in [1.54, 1.807) is 7.11 Å². The smallest absolute Gasteiger partial charge is 0.0700 e. The Kier molecular flexibility index (Phi) is 6.29. The van der Waals surface area contributed by atoms with E-state index in [2.05, 4.69) is 0 Å². The van der Waals surface area contributed by atoms with Gasteiger partial charge < -0.3 is 14.6 Å². The first-order valence-corrected chi connectivity index (χ1v) is 4.77. The lowest BCUT2D eigenvalue weighted by atomic mass is 9.90. The number of hydrogen-bond donors (Lipinski definition) is 1. The molecule has 13 heavy (non-hydrogen) atoms. The number of methoxy groups -OCH3 is 1. The second-order valence-electron chi connectivity index (χ2n) is 3.95. The Morgan fingerprint density at radius 2 is 1.85 bits per heavy atom. The van der Waals surface area contributed by atoms with Gasteiger partial charge in [-0.25, -0.2) is 0 Å². The van der Waals surface area contributed by atoms with Crippen LogP contribution in [0.2, 0.25) is 0 Å². The lowest BCUT2D eigenvalue weighted by Crippen LogP contribution is -2.29. The number of rotatable bonds is 7. The van der Waals surface area contributed by atoms with Crippen molar-refractivity contribution in [1.82, 2.24) is 0 Å². The van der Waals surface area contributed by atoms with Crippen LogP contribution in [-0.2, 0) is 9.47 Å². The first-order valence-electron chi connectivity index (χ1n) is 4.77. The minimum atomic E-state index is -0.607. The highest BCUT2D eigenvalue weighted by atomic mass is 16.5. The average molecular weight is 190 g/mol. The summed E-state index contributed by atoms with van der Waals surface area (Å²) in [6, 6.07) is 0. The van der Waals surface area contributed by atoms with Gasteiger partial charge in [0.25, 0.3) is 0 Å². The third-order valence-electron chi connectivity index (χ3n) is 2.33. The van der Waals surface area contributed by atoms with E-state index >= 15 is 0 Å². The van der Waals surface area contributed by atoms with Gasteiger partial charge in [-0.3, -0.25) is 0 Å². The molecule has 0 amide bonds. The van der Waals surface area contributed by atoms with Crippen LogP contribution >= 0.6 is 0 Å². The van der Waals surface area contributed by atoms with Gasteiger partial charge in [0.05, 0.1) is 18.8 Å². The number of hydrogen-bond acceptors (Lipinski definition) is 3. The maximum atomic E-state index is 9.61. The van der Waals surface area contributed by atoms with Crippen LogP contribution in [0.25, 0.3) is 0 Å². The molecule has 0 heterocycles. The van der Waals surface area contributed by atoms with E-state index in [0.29, 0.717) is 19.8 Å². The summed E-state index contributed by atoms with van der Waals surface area (Å²) < 4.78 is 10.1. The molecule has 0 bridgehead atoms. The molecule has 3 heteroatoms. The number of aliphatic hydroxyl groups is 1. The van der Waals surface area contributed by atoms with Crippen LogP contribution in [-0.4, -0.2) is 37.6 Å². The molecule has 0 spiro atoms. The van der Waals surface area contributed by atoms with Crippen LogP contribution < -0.4 is 0 Å². The lowest BCUT2D eigenvalue weighted by molar-refractivity contribution is 0.000982. The molecule has 0 aliphatic carbocycles. The molecule has 80 valence electrons. The van der Waals surface area contributed by atoms with Gasteiger partial charge in [-0.2, -0.15) is 0 Å². The summed E-state index contributed by atoms with van der Waals surface area (Å²) in [5, 5.41) is 9.61. The van der Waals surface area contributed by atoms with Gasteiger partial charge in [0, 0.05) is 13.7 Å². The largest absolute Gasteiger partial charge is 0.390 e. The van der Waals surface area contributed by atoms with Crippen LogP contribution in [0.5, 0.6) is 0 Å². The molecule has 0 aromatic heterocycles. The molecule has 0 aliphatic rings. The Hall–Kier alpha value is -0.120. The van der Waals surface area contributed by atoms with Crippen molar-refractivity contribution in [3.63, 3.8) is 0 Å². The van der Waals surface area contributed by atoms with E-state index in [0.717, 1.165) is 6.42 Å². The fourth-order valence-corrected chi connectivity index (χ4v) is 0.858. The SMILES string of the molecule is COCCOCC[C@@H](C)C(C)(C)O. The van der Waals surface area contributed by atoms with E-state index in [1.165, 1.54) is 0 Å². The predicted molar refractivity (Wildman–Crippen MR) is 52.8 cm³/mol. The highest BCUT2D eigenvalue weighted by Gasteiger charge is 2.21. The Morgan fingerprint density at radius 3 is 2.31 bits per heavy atom. The van der Waals surface area contributed by atoms with Gasteiger partial charge in [-0.05, 0) is 26.2 Å². The first kappa shape index (κ1) is 12.9. The molecule has 0 fully saturated rings. The van der Waals surface area contributed by atoms with Crippen LogP contribution in [0.4, 0.5) is 0 Å². The minimum Gasteiger partial charge on any atom is -0.390 e. The van der Waals surface area contributed by atoms with Gasteiger partial charge in [0.1, 0.15) is 0 Å². The standard InChI is InChI=1S/C10H22O3/c1-9(10(2,3)11)5-6-13-8-7-12-4/h9,11H,5-8H2,1-4H3/t9-/m1/s1. The highest BCUT2D eigenvalue weighted by molar-refractivity contribution is 4.72. The Balaban J connectivity index is 3.32. The van der Waals surface area contributed by atoms with Crippen molar-refractivity contribution < 1.29 is 14.6 Å². The molecular formula is C10H22O3. The van der Waals surface area contributed by atoms with Gasteiger partial charge in [0.15, 0.2) is 0 Å². The second kappa shape index (κ2) is 6.35. The zero-order valence-electron chi connectivity index (χ0n) is 9.17. The monoisotopic (exact) mass is 190 g/mol. The summed E-state index contributed by atoms with van der Waals surface area (Å²) in [5.41, 5.74) is -0.607. The summed E-state index contributed by atoms with van der Waals surface area (Å²) in [6.45, 7) is 7.64. The first-order chi connectivity index (χ1) is 5.98. The second-order valence-corrected chi connectivity index (χ2v) is 3.95. The molecule has 1 N–H and O–H groups in total. The average Bonchev–Trinajstić information content (AvgIpc) is 2.02. The van der Waals surface area contributed by atoms with Crippen LogP contribution in [0, 0.1) is 5.92 Å². The molecule has 0 saturated heterocycles. The molecule has 0 aromatic carbocycles. The van der Waals surface area contributed by atoms with Gasteiger partial charge in [-0.1, -0.05) is 6.92 Å². The molecule has 0 radical (unpaired) electrons. The molecule has 1 atom stereocenters. The van der Waals surface area contributed by atoms with Crippen LogP contribution in [0.15, 0.2) is 0 Å². The van der Waals surface area contributed by atoms with Gasteiger partial charge >= 0.3 is 0 Å². The van der Waals surface area contributed by atoms with Crippen molar-refractivity contribution in [3.8, 4) is 0 Å². The quantitative estimate of drug-likeness (QED) is 0.617. The third kappa shape index (κ3) is 6.99. The minimum absolute atomic E-state index is 0.259. The topological polar surface area (TPSA) is 38.7 Å². The fraction of sp³-hybridized carbons (Fsp3) is 1.00. The zero-order chi connectivity index (χ0) is 10.3. The Labute approximate surface area is 81.0 Å². The van der Waals surface area contributed by atoms with Gasteiger partial charge in [-0.15, -0.1) is 0 Å². The van der Waals surface area contributed by atoms with Crippen molar-refractivity contribution in [1.29, 1.82) is 0 Å². The van der Waals surface area contributed by atoms with Gasteiger partial charge in [0.2, 0.25) is 0 Å². The van der Waals surface area contributed by atoms with Crippen molar-refractivity contribution >= 4 is 0 Å². The Morgan fingerprint density at radius 1 is 1.23 bits per heavy atom.